The van der Waals surface area contributed by atoms with Crippen molar-refractivity contribution in [3.63, 3.8) is 0 Å². The number of nitrogens with zero attached hydrogens (tertiary/aromatic N) is 1. The van der Waals surface area contributed by atoms with Crippen LogP contribution in [0, 0.1) is 5.92 Å². The van der Waals surface area contributed by atoms with E-state index in [-0.39, 0.29) is 0 Å². The van der Waals surface area contributed by atoms with Crippen molar-refractivity contribution in [2.75, 3.05) is 20.1 Å². The Morgan fingerprint density at radius 3 is 2.57 bits per heavy atom. The van der Waals surface area contributed by atoms with Crippen molar-refractivity contribution in [2.24, 2.45) is 11.7 Å². The summed E-state index contributed by atoms with van der Waals surface area (Å²) in [7, 11) is 2.26. The van der Waals surface area contributed by atoms with Crippen LogP contribution < -0.4 is 5.73 Å². The van der Waals surface area contributed by atoms with Crippen LogP contribution in [0.1, 0.15) is 45.4 Å². The van der Waals surface area contributed by atoms with Crippen LogP contribution in [0.15, 0.2) is 0 Å². The monoisotopic (exact) mass is 198 g/mol. The molecule has 2 N–H and O–H groups in total. The Morgan fingerprint density at radius 1 is 1.36 bits per heavy atom. The van der Waals surface area contributed by atoms with E-state index in [1.54, 1.807) is 0 Å². The fraction of sp³-hybridized carbons (Fsp3) is 1.00. The molecule has 1 aliphatic carbocycles. The van der Waals surface area contributed by atoms with Gasteiger partial charge in [-0.15, -0.1) is 0 Å². The molecule has 0 saturated heterocycles. The molecule has 0 heterocycles. The Morgan fingerprint density at radius 2 is 2.00 bits per heavy atom. The minimum Gasteiger partial charge on any atom is -0.330 e. The van der Waals surface area contributed by atoms with Gasteiger partial charge in [-0.05, 0) is 52.1 Å². The summed E-state index contributed by atoms with van der Waals surface area (Å²) in [5.41, 5.74) is 5.52. The Hall–Kier alpha value is -0.0800. The lowest BCUT2D eigenvalue weighted by Crippen LogP contribution is -2.33. The maximum atomic E-state index is 5.52. The average molecular weight is 198 g/mol. The summed E-state index contributed by atoms with van der Waals surface area (Å²) in [6, 6.07) is 0.708. The third-order valence-electron chi connectivity index (χ3n) is 3.60. The molecule has 0 aromatic rings. The van der Waals surface area contributed by atoms with Crippen molar-refractivity contribution in [3.05, 3.63) is 0 Å². The van der Waals surface area contributed by atoms with E-state index in [1.807, 2.05) is 0 Å². The van der Waals surface area contributed by atoms with E-state index in [9.17, 15) is 0 Å². The number of hydrogen-bond acceptors (Lipinski definition) is 2. The number of rotatable bonds is 6. The highest BCUT2D eigenvalue weighted by atomic mass is 15.1. The summed E-state index contributed by atoms with van der Waals surface area (Å²) in [6.07, 6.45) is 8.23. The predicted molar refractivity (Wildman–Crippen MR) is 62.3 cm³/mol. The van der Waals surface area contributed by atoms with Crippen molar-refractivity contribution < 1.29 is 0 Å². The topological polar surface area (TPSA) is 29.3 Å². The second kappa shape index (κ2) is 6.41. The molecule has 0 aromatic carbocycles. The Kier molecular flexibility index (Phi) is 5.49. The van der Waals surface area contributed by atoms with Gasteiger partial charge in [0.2, 0.25) is 0 Å². The molecule has 2 nitrogen and oxygen atoms in total. The summed E-state index contributed by atoms with van der Waals surface area (Å²) < 4.78 is 0. The van der Waals surface area contributed by atoms with Gasteiger partial charge in [-0.3, -0.25) is 0 Å². The highest BCUT2D eigenvalue weighted by Gasteiger charge is 2.18. The van der Waals surface area contributed by atoms with Gasteiger partial charge in [0.1, 0.15) is 0 Å². The zero-order chi connectivity index (χ0) is 10.4. The second-order valence-corrected chi connectivity index (χ2v) is 4.87. The maximum Gasteiger partial charge on any atom is 0.00644 e. The van der Waals surface area contributed by atoms with Crippen LogP contribution >= 0.6 is 0 Å². The molecule has 0 amide bonds. The molecule has 14 heavy (non-hydrogen) atoms. The smallest absolute Gasteiger partial charge is 0.00644 e. The van der Waals surface area contributed by atoms with E-state index in [1.165, 1.54) is 38.6 Å². The molecule has 2 heteroatoms. The van der Waals surface area contributed by atoms with Crippen LogP contribution in [-0.4, -0.2) is 31.1 Å². The molecule has 0 radical (unpaired) electrons. The van der Waals surface area contributed by atoms with Gasteiger partial charge in [0.25, 0.3) is 0 Å². The largest absolute Gasteiger partial charge is 0.330 e. The van der Waals surface area contributed by atoms with Gasteiger partial charge < -0.3 is 10.6 Å². The lowest BCUT2D eigenvalue weighted by molar-refractivity contribution is 0.208. The maximum absolute atomic E-state index is 5.52. The van der Waals surface area contributed by atoms with Gasteiger partial charge in [-0.25, -0.2) is 0 Å². The number of hydrogen-bond donors (Lipinski definition) is 1. The van der Waals surface area contributed by atoms with Crippen molar-refractivity contribution in [3.8, 4) is 0 Å². The molecule has 1 saturated carbocycles. The van der Waals surface area contributed by atoms with Crippen LogP contribution in [0.3, 0.4) is 0 Å². The summed E-state index contributed by atoms with van der Waals surface area (Å²) in [5, 5.41) is 0. The van der Waals surface area contributed by atoms with Crippen LogP contribution in [0.4, 0.5) is 0 Å². The Labute approximate surface area is 88.8 Å². The van der Waals surface area contributed by atoms with Gasteiger partial charge in [-0.2, -0.15) is 0 Å². The summed E-state index contributed by atoms with van der Waals surface area (Å²) in [6.45, 7) is 4.46. The van der Waals surface area contributed by atoms with E-state index in [4.69, 9.17) is 5.73 Å². The molecule has 1 fully saturated rings. The summed E-state index contributed by atoms with van der Waals surface area (Å²) >= 11 is 0. The summed E-state index contributed by atoms with van der Waals surface area (Å²) in [5.74, 6) is 0.973. The summed E-state index contributed by atoms with van der Waals surface area (Å²) in [4.78, 5) is 2.52. The molecule has 0 aromatic heterocycles. The van der Waals surface area contributed by atoms with E-state index < -0.39 is 0 Å². The minimum atomic E-state index is 0.708. The highest BCUT2D eigenvalue weighted by Crippen LogP contribution is 2.25. The third-order valence-corrected chi connectivity index (χ3v) is 3.60. The quantitative estimate of drug-likeness (QED) is 0.709. The lowest BCUT2D eigenvalue weighted by Gasteiger charge is -2.27. The fourth-order valence-corrected chi connectivity index (χ4v) is 2.41. The van der Waals surface area contributed by atoms with Gasteiger partial charge in [0, 0.05) is 12.6 Å². The second-order valence-electron chi connectivity index (χ2n) is 4.87. The Balaban J connectivity index is 2.15. The normalized spacial score (nSPS) is 20.6. The van der Waals surface area contributed by atoms with E-state index >= 15 is 0 Å². The van der Waals surface area contributed by atoms with Crippen LogP contribution in [0.5, 0.6) is 0 Å². The van der Waals surface area contributed by atoms with Crippen molar-refractivity contribution in [2.45, 2.75) is 51.5 Å². The lowest BCUT2D eigenvalue weighted by atomic mass is 10.1. The van der Waals surface area contributed by atoms with Gasteiger partial charge in [-0.1, -0.05) is 12.8 Å². The predicted octanol–water partition coefficient (Wildman–Crippen LogP) is 2.24. The molecule has 1 rings (SSSR count). The van der Waals surface area contributed by atoms with Crippen LogP contribution in [-0.2, 0) is 0 Å². The fourth-order valence-electron chi connectivity index (χ4n) is 2.41. The molecule has 1 aliphatic rings. The first-order valence-electron chi connectivity index (χ1n) is 6.14. The van der Waals surface area contributed by atoms with Crippen molar-refractivity contribution in [1.29, 1.82) is 0 Å². The molecule has 1 atom stereocenters. The average Bonchev–Trinajstić information content (AvgIpc) is 2.66. The van der Waals surface area contributed by atoms with Crippen molar-refractivity contribution in [1.82, 2.24) is 4.90 Å². The first-order chi connectivity index (χ1) is 6.74. The standard InChI is InChI=1S/C12H26N2/c1-11(6-5-9-13)14(2)10-12-7-3-4-8-12/h11-12H,3-10,13H2,1-2H3. The van der Waals surface area contributed by atoms with Crippen LogP contribution in [0.2, 0.25) is 0 Å². The molecular formula is C12H26N2. The van der Waals surface area contributed by atoms with Gasteiger partial charge in [0.15, 0.2) is 0 Å². The number of nitrogens with two attached hydrogens (primary N) is 1. The minimum absolute atomic E-state index is 0.708. The molecule has 0 spiro atoms. The zero-order valence-electron chi connectivity index (χ0n) is 9.84. The molecule has 84 valence electrons. The first kappa shape index (κ1) is 12.0. The first-order valence-corrected chi connectivity index (χ1v) is 6.14. The van der Waals surface area contributed by atoms with Crippen molar-refractivity contribution >= 4 is 0 Å². The van der Waals surface area contributed by atoms with Gasteiger partial charge in [0.05, 0.1) is 0 Å². The molecule has 0 bridgehead atoms. The van der Waals surface area contributed by atoms with E-state index in [0.29, 0.717) is 6.04 Å². The van der Waals surface area contributed by atoms with E-state index in [0.717, 1.165) is 18.9 Å². The Bertz CT molecular complexity index is 141. The SMILES string of the molecule is CC(CCCN)N(C)CC1CCCC1. The van der Waals surface area contributed by atoms with E-state index in [2.05, 4.69) is 18.9 Å². The molecule has 1 unspecified atom stereocenters. The molecular weight excluding hydrogens is 172 g/mol. The third kappa shape index (κ3) is 3.97. The van der Waals surface area contributed by atoms with Crippen LogP contribution in [0.25, 0.3) is 0 Å². The van der Waals surface area contributed by atoms with Gasteiger partial charge >= 0.3 is 0 Å². The molecule has 0 aliphatic heterocycles. The highest BCUT2D eigenvalue weighted by molar-refractivity contribution is 4.73. The zero-order valence-corrected chi connectivity index (χ0v) is 9.84.